The van der Waals surface area contributed by atoms with E-state index in [1.807, 2.05) is 12.1 Å². The molecule has 0 saturated carbocycles. The summed E-state index contributed by atoms with van der Waals surface area (Å²) in [5, 5.41) is 0. The molecular formula is C52H37N3. The molecule has 0 bridgehead atoms. The maximum absolute atomic E-state index is 5.19. The molecule has 1 aromatic heterocycles. The minimum absolute atomic E-state index is 0.619. The monoisotopic (exact) mass is 703 g/mol. The summed E-state index contributed by atoms with van der Waals surface area (Å²) in [6.45, 7) is 2.12. The Kier molecular flexibility index (Phi) is 9.17. The SMILES string of the molecule is Cc1ccc(-c2cc(-c3cccc(-c4ccccc4)c3)cc(-c3nc(-c4ccc(-c5ccccc5)cc4)nc(-c4ccc(-c5ccccc5)cc4)n3)c2)cc1. The van der Waals surface area contributed by atoms with Crippen LogP contribution in [0.1, 0.15) is 5.56 Å². The van der Waals surface area contributed by atoms with Crippen LogP contribution < -0.4 is 0 Å². The molecule has 9 rings (SSSR count). The lowest BCUT2D eigenvalue weighted by Gasteiger charge is -2.13. The van der Waals surface area contributed by atoms with Crippen molar-refractivity contribution in [3.63, 3.8) is 0 Å². The van der Waals surface area contributed by atoms with Crippen molar-refractivity contribution in [2.45, 2.75) is 6.92 Å². The standard InChI is InChI=1S/C52H37N3/c1-36-20-22-42(23-21-36)47-33-48(46-19-11-18-45(32-46)39-16-9-4-10-17-39)35-49(34-47)52-54-50(43-28-24-40(25-29-43)37-12-5-2-6-13-37)53-51(55-52)44-30-26-41(27-31-44)38-14-7-3-8-15-38/h2-35H,1H3. The normalized spacial score (nSPS) is 11.0. The molecule has 8 aromatic carbocycles. The number of benzene rings is 8. The van der Waals surface area contributed by atoms with E-state index in [4.69, 9.17) is 15.0 Å². The highest BCUT2D eigenvalue weighted by Crippen LogP contribution is 2.35. The smallest absolute Gasteiger partial charge is 0.164 e. The predicted molar refractivity (Wildman–Crippen MR) is 228 cm³/mol. The van der Waals surface area contributed by atoms with E-state index < -0.39 is 0 Å². The summed E-state index contributed by atoms with van der Waals surface area (Å²) < 4.78 is 0. The van der Waals surface area contributed by atoms with Crippen molar-refractivity contribution >= 4 is 0 Å². The maximum Gasteiger partial charge on any atom is 0.164 e. The molecule has 0 amide bonds. The van der Waals surface area contributed by atoms with Crippen LogP contribution in [0.2, 0.25) is 0 Å². The summed E-state index contributed by atoms with van der Waals surface area (Å²) in [6, 6.07) is 72.4. The summed E-state index contributed by atoms with van der Waals surface area (Å²) in [5.41, 5.74) is 15.4. The van der Waals surface area contributed by atoms with Crippen LogP contribution in [0, 0.1) is 6.92 Å². The molecule has 0 aliphatic rings. The molecular weight excluding hydrogens is 667 g/mol. The van der Waals surface area contributed by atoms with E-state index >= 15 is 0 Å². The molecule has 55 heavy (non-hydrogen) atoms. The molecule has 9 aromatic rings. The molecule has 0 atom stereocenters. The molecule has 0 aliphatic heterocycles. The van der Waals surface area contributed by atoms with Gasteiger partial charge in [0, 0.05) is 16.7 Å². The zero-order chi connectivity index (χ0) is 37.0. The van der Waals surface area contributed by atoms with Crippen LogP contribution in [-0.4, -0.2) is 15.0 Å². The van der Waals surface area contributed by atoms with Gasteiger partial charge in [0.25, 0.3) is 0 Å². The van der Waals surface area contributed by atoms with E-state index in [2.05, 4.69) is 201 Å². The van der Waals surface area contributed by atoms with Gasteiger partial charge in [-0.2, -0.15) is 0 Å². The minimum atomic E-state index is 0.619. The van der Waals surface area contributed by atoms with Crippen LogP contribution in [0.5, 0.6) is 0 Å². The zero-order valence-electron chi connectivity index (χ0n) is 30.5. The number of aromatic nitrogens is 3. The predicted octanol–water partition coefficient (Wildman–Crippen LogP) is 13.5. The lowest BCUT2D eigenvalue weighted by molar-refractivity contribution is 1.07. The highest BCUT2D eigenvalue weighted by atomic mass is 15.0. The number of aryl methyl sites for hydroxylation is 1. The number of nitrogens with zero attached hydrogens (tertiary/aromatic N) is 3. The molecule has 3 nitrogen and oxygen atoms in total. The van der Waals surface area contributed by atoms with Crippen LogP contribution in [0.25, 0.3) is 89.8 Å². The Morgan fingerprint density at radius 1 is 0.218 bits per heavy atom. The maximum atomic E-state index is 5.19. The molecule has 1 heterocycles. The van der Waals surface area contributed by atoms with Gasteiger partial charge in [-0.3, -0.25) is 0 Å². The van der Waals surface area contributed by atoms with E-state index in [9.17, 15) is 0 Å². The van der Waals surface area contributed by atoms with Gasteiger partial charge < -0.3 is 0 Å². The largest absolute Gasteiger partial charge is 0.208 e. The summed E-state index contributed by atoms with van der Waals surface area (Å²) in [4.78, 5) is 15.5. The molecule has 260 valence electrons. The first-order chi connectivity index (χ1) is 27.1. The van der Waals surface area contributed by atoms with Crippen molar-refractivity contribution in [2.24, 2.45) is 0 Å². The van der Waals surface area contributed by atoms with Crippen molar-refractivity contribution in [1.29, 1.82) is 0 Å². The van der Waals surface area contributed by atoms with Crippen LogP contribution in [0.4, 0.5) is 0 Å². The number of rotatable bonds is 8. The fourth-order valence-corrected chi connectivity index (χ4v) is 6.99. The summed E-state index contributed by atoms with van der Waals surface area (Å²) >= 11 is 0. The molecule has 0 saturated heterocycles. The second kappa shape index (κ2) is 15.0. The Morgan fingerprint density at radius 3 is 0.964 bits per heavy atom. The van der Waals surface area contributed by atoms with E-state index in [1.165, 1.54) is 27.8 Å². The first-order valence-electron chi connectivity index (χ1n) is 18.6. The topological polar surface area (TPSA) is 38.7 Å². The molecule has 3 heteroatoms. The van der Waals surface area contributed by atoms with Crippen LogP contribution in [-0.2, 0) is 0 Å². The molecule has 0 unspecified atom stereocenters. The summed E-state index contributed by atoms with van der Waals surface area (Å²) in [7, 11) is 0. The molecule has 0 aliphatic carbocycles. The Bertz CT molecular complexity index is 2600. The van der Waals surface area contributed by atoms with Gasteiger partial charge in [0.05, 0.1) is 0 Å². The van der Waals surface area contributed by atoms with Gasteiger partial charge in [-0.15, -0.1) is 0 Å². The Hall–Kier alpha value is -7.23. The third-order valence-corrected chi connectivity index (χ3v) is 10.0. The highest BCUT2D eigenvalue weighted by Gasteiger charge is 2.16. The highest BCUT2D eigenvalue weighted by molar-refractivity contribution is 5.82. The van der Waals surface area contributed by atoms with Gasteiger partial charge in [0.15, 0.2) is 17.5 Å². The Balaban J connectivity index is 1.20. The van der Waals surface area contributed by atoms with Crippen molar-refractivity contribution < 1.29 is 0 Å². The summed E-state index contributed by atoms with van der Waals surface area (Å²) in [6.07, 6.45) is 0. The third-order valence-electron chi connectivity index (χ3n) is 10.0. The van der Waals surface area contributed by atoms with Crippen molar-refractivity contribution in [1.82, 2.24) is 15.0 Å². The third kappa shape index (κ3) is 7.37. The van der Waals surface area contributed by atoms with Crippen LogP contribution in [0.3, 0.4) is 0 Å². The van der Waals surface area contributed by atoms with Gasteiger partial charge in [0.2, 0.25) is 0 Å². The summed E-state index contributed by atoms with van der Waals surface area (Å²) in [5.74, 6) is 1.87. The van der Waals surface area contributed by atoms with E-state index in [-0.39, 0.29) is 0 Å². The van der Waals surface area contributed by atoms with Crippen LogP contribution in [0.15, 0.2) is 206 Å². The van der Waals surface area contributed by atoms with Gasteiger partial charge >= 0.3 is 0 Å². The number of hydrogen-bond acceptors (Lipinski definition) is 3. The molecule has 0 spiro atoms. The van der Waals surface area contributed by atoms with E-state index in [0.29, 0.717) is 17.5 Å². The molecule has 0 N–H and O–H groups in total. The lowest BCUT2D eigenvalue weighted by Crippen LogP contribution is -2.01. The number of hydrogen-bond donors (Lipinski definition) is 0. The Labute approximate surface area is 322 Å². The molecule has 0 fully saturated rings. The average Bonchev–Trinajstić information content (AvgIpc) is 3.27. The second-order valence-electron chi connectivity index (χ2n) is 13.8. The van der Waals surface area contributed by atoms with E-state index in [1.54, 1.807) is 0 Å². The van der Waals surface area contributed by atoms with Crippen molar-refractivity contribution in [3.05, 3.63) is 212 Å². The van der Waals surface area contributed by atoms with E-state index in [0.717, 1.165) is 50.1 Å². The first kappa shape index (κ1) is 33.6. The Morgan fingerprint density at radius 2 is 0.491 bits per heavy atom. The van der Waals surface area contributed by atoms with Crippen LogP contribution >= 0.6 is 0 Å². The quantitative estimate of drug-likeness (QED) is 0.158. The fourth-order valence-electron chi connectivity index (χ4n) is 6.99. The van der Waals surface area contributed by atoms with Gasteiger partial charge in [0.1, 0.15) is 0 Å². The van der Waals surface area contributed by atoms with Gasteiger partial charge in [-0.05, 0) is 86.8 Å². The molecule has 0 radical (unpaired) electrons. The minimum Gasteiger partial charge on any atom is -0.208 e. The van der Waals surface area contributed by atoms with Crippen molar-refractivity contribution in [3.8, 4) is 89.8 Å². The second-order valence-corrected chi connectivity index (χ2v) is 13.8. The van der Waals surface area contributed by atoms with Gasteiger partial charge in [-0.25, -0.2) is 15.0 Å². The van der Waals surface area contributed by atoms with Crippen molar-refractivity contribution in [2.75, 3.05) is 0 Å². The fraction of sp³-hybridized carbons (Fsp3) is 0.0192. The van der Waals surface area contributed by atoms with Gasteiger partial charge in [-0.1, -0.05) is 188 Å². The average molecular weight is 704 g/mol. The lowest BCUT2D eigenvalue weighted by atomic mass is 9.93. The first-order valence-corrected chi connectivity index (χ1v) is 18.6. The zero-order valence-corrected chi connectivity index (χ0v) is 30.5.